The smallest absolute Gasteiger partial charge is 0.284 e. The summed E-state index contributed by atoms with van der Waals surface area (Å²) < 4.78 is 38.5. The zero-order valence-electron chi connectivity index (χ0n) is 11.5. The van der Waals surface area contributed by atoms with Crippen LogP contribution in [0.4, 0.5) is 13.2 Å². The van der Waals surface area contributed by atoms with Crippen LogP contribution in [0.3, 0.4) is 0 Å². The Balaban J connectivity index is 2.17. The summed E-state index contributed by atoms with van der Waals surface area (Å²) in [5.41, 5.74) is 1.33. The van der Waals surface area contributed by atoms with Gasteiger partial charge in [0.15, 0.2) is 0 Å². The molecule has 2 aromatic carbocycles. The van der Waals surface area contributed by atoms with Gasteiger partial charge in [-0.2, -0.15) is 18.3 Å². The topological polar surface area (TPSA) is 28.7 Å². The first-order chi connectivity index (χ1) is 10.9. The third kappa shape index (κ3) is 3.07. The van der Waals surface area contributed by atoms with Gasteiger partial charge in [-0.05, 0) is 17.7 Å². The van der Waals surface area contributed by atoms with Crippen molar-refractivity contribution in [2.75, 3.05) is 0 Å². The van der Waals surface area contributed by atoms with Gasteiger partial charge in [-0.3, -0.25) is 5.10 Å². The highest BCUT2D eigenvalue weighted by atomic mass is 35.5. The third-order valence-electron chi connectivity index (χ3n) is 3.33. The van der Waals surface area contributed by atoms with Crippen LogP contribution in [-0.2, 0) is 6.18 Å². The Morgan fingerprint density at radius 2 is 1.57 bits per heavy atom. The highest BCUT2D eigenvalue weighted by molar-refractivity contribution is 6.39. The zero-order valence-corrected chi connectivity index (χ0v) is 13.0. The van der Waals surface area contributed by atoms with Gasteiger partial charge >= 0.3 is 6.18 Å². The van der Waals surface area contributed by atoms with Crippen molar-refractivity contribution in [1.82, 2.24) is 10.2 Å². The van der Waals surface area contributed by atoms with E-state index < -0.39 is 11.7 Å². The fourth-order valence-corrected chi connectivity index (χ4v) is 2.95. The van der Waals surface area contributed by atoms with E-state index in [1.54, 1.807) is 6.20 Å². The highest BCUT2D eigenvalue weighted by Gasteiger charge is 2.32. The predicted octanol–water partition coefficient (Wildman–Crippen LogP) is 6.07. The molecule has 1 aromatic heterocycles. The number of hydrogen-bond donors (Lipinski definition) is 1. The molecule has 0 atom stereocenters. The minimum Gasteiger partial charge on any atom is -0.284 e. The standard InChI is InChI=1S/C16H9Cl2F3N2/c17-12-6-10(16(19,20)21)7-13(18)14(12)15-11(8-22-23-15)9-4-2-1-3-5-9/h1-8H,(H,22,23). The number of nitrogens with one attached hydrogen (secondary N) is 1. The number of halogens is 5. The lowest BCUT2D eigenvalue weighted by molar-refractivity contribution is -0.137. The van der Waals surface area contributed by atoms with Crippen LogP contribution in [0.5, 0.6) is 0 Å². The van der Waals surface area contributed by atoms with Crippen LogP contribution in [0.25, 0.3) is 22.4 Å². The van der Waals surface area contributed by atoms with Gasteiger partial charge in [-0.25, -0.2) is 0 Å². The summed E-state index contributed by atoms with van der Waals surface area (Å²) >= 11 is 12.1. The van der Waals surface area contributed by atoms with Gasteiger partial charge in [0.1, 0.15) is 5.69 Å². The summed E-state index contributed by atoms with van der Waals surface area (Å²) in [6.45, 7) is 0. The monoisotopic (exact) mass is 356 g/mol. The summed E-state index contributed by atoms with van der Waals surface area (Å²) in [6.07, 6.45) is -2.87. The van der Waals surface area contributed by atoms with Gasteiger partial charge in [0.05, 0.1) is 15.6 Å². The number of nitrogens with zero attached hydrogens (tertiary/aromatic N) is 1. The lowest BCUT2D eigenvalue weighted by Gasteiger charge is -2.12. The van der Waals surface area contributed by atoms with Crippen molar-refractivity contribution in [3.63, 3.8) is 0 Å². The highest BCUT2D eigenvalue weighted by Crippen LogP contribution is 2.42. The lowest BCUT2D eigenvalue weighted by atomic mass is 10.0. The van der Waals surface area contributed by atoms with E-state index in [0.717, 1.165) is 17.7 Å². The molecule has 118 valence electrons. The molecule has 7 heteroatoms. The van der Waals surface area contributed by atoms with Crippen molar-refractivity contribution < 1.29 is 13.2 Å². The number of rotatable bonds is 2. The Morgan fingerprint density at radius 3 is 2.13 bits per heavy atom. The molecular weight excluding hydrogens is 348 g/mol. The molecule has 0 saturated carbocycles. The molecule has 0 bridgehead atoms. The molecule has 3 rings (SSSR count). The number of aromatic nitrogens is 2. The summed E-state index contributed by atoms with van der Waals surface area (Å²) in [7, 11) is 0. The Hall–Kier alpha value is -1.98. The molecule has 0 amide bonds. The van der Waals surface area contributed by atoms with E-state index >= 15 is 0 Å². The molecule has 0 aliphatic rings. The minimum atomic E-state index is -4.51. The Kier molecular flexibility index (Phi) is 4.08. The number of hydrogen-bond acceptors (Lipinski definition) is 1. The normalized spacial score (nSPS) is 11.7. The Labute approximate surface area is 139 Å². The van der Waals surface area contributed by atoms with Crippen LogP contribution < -0.4 is 0 Å². The first-order valence-electron chi connectivity index (χ1n) is 6.53. The largest absolute Gasteiger partial charge is 0.416 e. The molecule has 0 aliphatic heterocycles. The average Bonchev–Trinajstić information content (AvgIpc) is 2.95. The summed E-state index contributed by atoms with van der Waals surface area (Å²) in [5, 5.41) is 6.60. The molecule has 23 heavy (non-hydrogen) atoms. The first-order valence-corrected chi connectivity index (χ1v) is 7.29. The van der Waals surface area contributed by atoms with Crippen molar-refractivity contribution in [1.29, 1.82) is 0 Å². The summed E-state index contributed by atoms with van der Waals surface area (Å²) in [6, 6.07) is 11.0. The van der Waals surface area contributed by atoms with Crippen LogP contribution >= 0.6 is 23.2 Å². The molecule has 1 N–H and O–H groups in total. The molecule has 0 radical (unpaired) electrons. The SMILES string of the molecule is FC(F)(F)c1cc(Cl)c(-c2n[nH]cc2-c2ccccc2)c(Cl)c1. The molecule has 0 spiro atoms. The van der Waals surface area contributed by atoms with E-state index in [9.17, 15) is 13.2 Å². The fourth-order valence-electron chi connectivity index (χ4n) is 2.28. The fraction of sp³-hybridized carbons (Fsp3) is 0.0625. The second-order valence-corrected chi connectivity index (χ2v) is 5.64. The van der Waals surface area contributed by atoms with Crippen molar-refractivity contribution >= 4 is 23.2 Å². The van der Waals surface area contributed by atoms with Crippen molar-refractivity contribution in [3.05, 3.63) is 64.3 Å². The molecule has 2 nitrogen and oxygen atoms in total. The number of alkyl halides is 3. The first kappa shape index (κ1) is 15.9. The number of benzene rings is 2. The predicted molar refractivity (Wildman–Crippen MR) is 84.5 cm³/mol. The maximum Gasteiger partial charge on any atom is 0.416 e. The van der Waals surface area contributed by atoms with Gasteiger partial charge in [0.2, 0.25) is 0 Å². The maximum absolute atomic E-state index is 12.8. The van der Waals surface area contributed by atoms with Crippen LogP contribution in [-0.4, -0.2) is 10.2 Å². The molecule has 3 aromatic rings. The third-order valence-corrected chi connectivity index (χ3v) is 3.93. The van der Waals surface area contributed by atoms with Gasteiger partial charge in [-0.15, -0.1) is 0 Å². The van der Waals surface area contributed by atoms with E-state index in [1.807, 2.05) is 30.3 Å². The quantitative estimate of drug-likeness (QED) is 0.593. The van der Waals surface area contributed by atoms with E-state index in [-0.39, 0.29) is 15.6 Å². The van der Waals surface area contributed by atoms with Crippen LogP contribution in [0, 0.1) is 0 Å². The van der Waals surface area contributed by atoms with Gasteiger partial charge in [0.25, 0.3) is 0 Å². The van der Waals surface area contributed by atoms with Gasteiger partial charge < -0.3 is 0 Å². The molecule has 1 heterocycles. The van der Waals surface area contributed by atoms with Gasteiger partial charge in [0, 0.05) is 17.3 Å². The second kappa shape index (κ2) is 5.91. The molecule has 0 unspecified atom stereocenters. The van der Waals surface area contributed by atoms with Crippen LogP contribution in [0.1, 0.15) is 5.56 Å². The number of H-pyrrole nitrogens is 1. The number of aromatic amines is 1. The van der Waals surface area contributed by atoms with E-state index in [4.69, 9.17) is 23.2 Å². The molecule has 0 aliphatic carbocycles. The summed E-state index contributed by atoms with van der Waals surface area (Å²) in [5.74, 6) is 0. The van der Waals surface area contributed by atoms with E-state index in [2.05, 4.69) is 10.2 Å². The van der Waals surface area contributed by atoms with E-state index in [0.29, 0.717) is 11.3 Å². The average molecular weight is 357 g/mol. The van der Waals surface area contributed by atoms with Crippen LogP contribution in [0.15, 0.2) is 48.7 Å². The zero-order chi connectivity index (χ0) is 16.6. The molecule has 0 fully saturated rings. The minimum absolute atomic E-state index is 0.103. The maximum atomic E-state index is 12.8. The second-order valence-electron chi connectivity index (χ2n) is 4.83. The molecular formula is C16H9Cl2F3N2. The molecule has 0 saturated heterocycles. The van der Waals surface area contributed by atoms with Gasteiger partial charge in [-0.1, -0.05) is 53.5 Å². The summed E-state index contributed by atoms with van der Waals surface area (Å²) in [4.78, 5) is 0. The van der Waals surface area contributed by atoms with Crippen molar-refractivity contribution in [3.8, 4) is 22.4 Å². The lowest BCUT2D eigenvalue weighted by Crippen LogP contribution is -2.05. The van der Waals surface area contributed by atoms with Crippen molar-refractivity contribution in [2.45, 2.75) is 6.18 Å². The van der Waals surface area contributed by atoms with Crippen LogP contribution in [0.2, 0.25) is 10.0 Å². The Bertz CT molecular complexity index is 819. The van der Waals surface area contributed by atoms with Crippen molar-refractivity contribution in [2.24, 2.45) is 0 Å². The Morgan fingerprint density at radius 1 is 0.957 bits per heavy atom. The van der Waals surface area contributed by atoms with E-state index in [1.165, 1.54) is 0 Å².